The van der Waals surface area contributed by atoms with Crippen LogP contribution in [0.15, 0.2) is 24.3 Å². The van der Waals surface area contributed by atoms with Gasteiger partial charge in [0, 0.05) is 36.8 Å². The van der Waals surface area contributed by atoms with Gasteiger partial charge < -0.3 is 15.5 Å². The molecule has 1 heterocycles. The molecule has 5 nitrogen and oxygen atoms in total. The van der Waals surface area contributed by atoms with Crippen LogP contribution in [0.5, 0.6) is 0 Å². The third-order valence-corrected chi connectivity index (χ3v) is 3.65. The molecular weight excluding hydrogens is 266 g/mol. The number of rotatable bonds is 4. The number of amides is 2. The zero-order chi connectivity index (χ0) is 15.4. The van der Waals surface area contributed by atoms with Gasteiger partial charge >= 0.3 is 0 Å². The van der Waals surface area contributed by atoms with Crippen molar-refractivity contribution in [2.24, 2.45) is 0 Å². The highest BCUT2D eigenvalue weighted by Gasteiger charge is 2.29. The normalized spacial score (nSPS) is 17.8. The molecule has 2 rings (SSSR count). The van der Waals surface area contributed by atoms with E-state index in [0.717, 1.165) is 19.5 Å². The van der Waals surface area contributed by atoms with Crippen LogP contribution in [-0.4, -0.2) is 41.9 Å². The third-order valence-electron chi connectivity index (χ3n) is 3.65. The SMILES string of the molecule is CC(=O)Nc1cccc(C(=O)N(C(C)C)C2CCNC2)c1. The lowest BCUT2D eigenvalue weighted by molar-refractivity contribution is -0.114. The molecule has 0 bridgehead atoms. The van der Waals surface area contributed by atoms with E-state index in [4.69, 9.17) is 0 Å². The van der Waals surface area contributed by atoms with Crippen molar-refractivity contribution in [3.05, 3.63) is 29.8 Å². The molecular formula is C16H23N3O2. The summed E-state index contributed by atoms with van der Waals surface area (Å²) in [7, 11) is 0. The first kappa shape index (κ1) is 15.5. The second-order valence-corrected chi connectivity index (χ2v) is 5.71. The summed E-state index contributed by atoms with van der Waals surface area (Å²) in [5, 5.41) is 6.02. The van der Waals surface area contributed by atoms with Crippen LogP contribution in [0.25, 0.3) is 0 Å². The number of nitrogens with one attached hydrogen (secondary N) is 2. The van der Waals surface area contributed by atoms with Crippen molar-refractivity contribution < 1.29 is 9.59 Å². The Hall–Kier alpha value is -1.88. The molecule has 0 aliphatic carbocycles. The molecule has 2 amide bonds. The molecule has 1 aliphatic rings. The summed E-state index contributed by atoms with van der Waals surface area (Å²) in [5.74, 6) is -0.119. The van der Waals surface area contributed by atoms with Crippen molar-refractivity contribution in [3.8, 4) is 0 Å². The second kappa shape index (κ2) is 6.72. The van der Waals surface area contributed by atoms with E-state index < -0.39 is 0 Å². The van der Waals surface area contributed by atoms with Crippen molar-refractivity contribution in [2.75, 3.05) is 18.4 Å². The Kier molecular flexibility index (Phi) is 4.96. The number of hydrogen-bond acceptors (Lipinski definition) is 3. The molecule has 2 N–H and O–H groups in total. The zero-order valence-electron chi connectivity index (χ0n) is 12.8. The first-order valence-corrected chi connectivity index (χ1v) is 7.40. The minimum atomic E-state index is -0.139. The maximum absolute atomic E-state index is 12.8. The van der Waals surface area contributed by atoms with Crippen LogP contribution in [0.3, 0.4) is 0 Å². The van der Waals surface area contributed by atoms with E-state index in [1.165, 1.54) is 6.92 Å². The van der Waals surface area contributed by atoms with Crippen molar-refractivity contribution in [2.45, 2.75) is 39.3 Å². The molecule has 0 saturated carbocycles. The summed E-state index contributed by atoms with van der Waals surface area (Å²) in [6.07, 6.45) is 0.981. The van der Waals surface area contributed by atoms with Gasteiger partial charge in [0.1, 0.15) is 0 Å². The highest BCUT2D eigenvalue weighted by molar-refractivity contribution is 5.97. The summed E-state index contributed by atoms with van der Waals surface area (Å²) < 4.78 is 0. The average molecular weight is 289 g/mol. The minimum Gasteiger partial charge on any atom is -0.332 e. The number of anilines is 1. The molecule has 114 valence electrons. The standard InChI is InChI=1S/C16H23N3O2/c1-11(2)19(15-7-8-17-10-15)16(21)13-5-4-6-14(9-13)18-12(3)20/h4-6,9,11,15,17H,7-8,10H2,1-3H3,(H,18,20). The van der Waals surface area contributed by atoms with E-state index in [9.17, 15) is 9.59 Å². The van der Waals surface area contributed by atoms with Gasteiger partial charge in [-0.05, 0) is 45.0 Å². The zero-order valence-corrected chi connectivity index (χ0v) is 12.8. The molecule has 1 aromatic carbocycles. The van der Waals surface area contributed by atoms with Gasteiger partial charge in [-0.2, -0.15) is 0 Å². The molecule has 0 spiro atoms. The first-order valence-electron chi connectivity index (χ1n) is 7.40. The molecule has 1 unspecified atom stereocenters. The highest BCUT2D eigenvalue weighted by atomic mass is 16.2. The van der Waals surface area contributed by atoms with Gasteiger partial charge in [-0.3, -0.25) is 9.59 Å². The number of hydrogen-bond donors (Lipinski definition) is 2. The predicted octanol–water partition coefficient (Wildman–Crippen LogP) is 1.86. The molecule has 1 aromatic rings. The van der Waals surface area contributed by atoms with Crippen LogP contribution in [-0.2, 0) is 4.79 Å². The lowest BCUT2D eigenvalue weighted by Crippen LogP contribution is -2.45. The van der Waals surface area contributed by atoms with E-state index in [0.29, 0.717) is 11.3 Å². The minimum absolute atomic E-state index is 0.0194. The fourth-order valence-corrected chi connectivity index (χ4v) is 2.78. The molecule has 21 heavy (non-hydrogen) atoms. The van der Waals surface area contributed by atoms with E-state index in [-0.39, 0.29) is 23.9 Å². The van der Waals surface area contributed by atoms with Gasteiger partial charge in [0.15, 0.2) is 0 Å². The lowest BCUT2D eigenvalue weighted by atomic mass is 10.1. The largest absolute Gasteiger partial charge is 0.332 e. The van der Waals surface area contributed by atoms with Gasteiger partial charge in [-0.15, -0.1) is 0 Å². The van der Waals surface area contributed by atoms with Crippen LogP contribution in [0, 0.1) is 0 Å². The number of carbonyl (C=O) groups excluding carboxylic acids is 2. The topological polar surface area (TPSA) is 61.4 Å². The van der Waals surface area contributed by atoms with E-state index >= 15 is 0 Å². The second-order valence-electron chi connectivity index (χ2n) is 5.71. The number of benzene rings is 1. The molecule has 1 atom stereocenters. The lowest BCUT2D eigenvalue weighted by Gasteiger charge is -2.32. The quantitative estimate of drug-likeness (QED) is 0.889. The summed E-state index contributed by atoms with van der Waals surface area (Å²) in [6.45, 7) is 7.32. The summed E-state index contributed by atoms with van der Waals surface area (Å²) in [6, 6.07) is 7.50. The van der Waals surface area contributed by atoms with Crippen molar-refractivity contribution in [1.29, 1.82) is 0 Å². The van der Waals surface area contributed by atoms with E-state index in [1.54, 1.807) is 24.3 Å². The Balaban J connectivity index is 2.21. The summed E-state index contributed by atoms with van der Waals surface area (Å²) in [4.78, 5) is 25.9. The highest BCUT2D eigenvalue weighted by Crippen LogP contribution is 2.19. The maximum Gasteiger partial charge on any atom is 0.254 e. The van der Waals surface area contributed by atoms with Crippen LogP contribution in [0.2, 0.25) is 0 Å². The Morgan fingerprint density at radius 3 is 2.71 bits per heavy atom. The van der Waals surface area contributed by atoms with Crippen LogP contribution in [0.1, 0.15) is 37.6 Å². The summed E-state index contributed by atoms with van der Waals surface area (Å²) >= 11 is 0. The van der Waals surface area contributed by atoms with Crippen LogP contribution < -0.4 is 10.6 Å². The van der Waals surface area contributed by atoms with Crippen molar-refractivity contribution in [3.63, 3.8) is 0 Å². The average Bonchev–Trinajstić information content (AvgIpc) is 2.91. The monoisotopic (exact) mass is 289 g/mol. The van der Waals surface area contributed by atoms with Gasteiger partial charge in [0.25, 0.3) is 5.91 Å². The Bertz CT molecular complexity index is 522. The molecule has 0 radical (unpaired) electrons. The van der Waals surface area contributed by atoms with Gasteiger partial charge in [-0.25, -0.2) is 0 Å². The molecule has 0 aromatic heterocycles. The fraction of sp³-hybridized carbons (Fsp3) is 0.500. The molecule has 5 heteroatoms. The summed E-state index contributed by atoms with van der Waals surface area (Å²) in [5.41, 5.74) is 1.27. The number of carbonyl (C=O) groups is 2. The predicted molar refractivity (Wildman–Crippen MR) is 83.3 cm³/mol. The van der Waals surface area contributed by atoms with Crippen molar-refractivity contribution >= 4 is 17.5 Å². The Morgan fingerprint density at radius 2 is 2.14 bits per heavy atom. The van der Waals surface area contributed by atoms with E-state index in [1.807, 2.05) is 18.7 Å². The van der Waals surface area contributed by atoms with Gasteiger partial charge in [0.05, 0.1) is 0 Å². The van der Waals surface area contributed by atoms with Gasteiger partial charge in [0.2, 0.25) is 5.91 Å². The van der Waals surface area contributed by atoms with Gasteiger partial charge in [-0.1, -0.05) is 6.07 Å². The molecule has 1 saturated heterocycles. The van der Waals surface area contributed by atoms with Crippen LogP contribution in [0.4, 0.5) is 5.69 Å². The molecule has 1 aliphatic heterocycles. The maximum atomic E-state index is 12.8. The van der Waals surface area contributed by atoms with E-state index in [2.05, 4.69) is 10.6 Å². The smallest absolute Gasteiger partial charge is 0.254 e. The fourth-order valence-electron chi connectivity index (χ4n) is 2.78. The van der Waals surface area contributed by atoms with Crippen molar-refractivity contribution in [1.82, 2.24) is 10.2 Å². The number of nitrogens with zero attached hydrogens (tertiary/aromatic N) is 1. The van der Waals surface area contributed by atoms with Crippen LogP contribution >= 0.6 is 0 Å². The third kappa shape index (κ3) is 3.82. The molecule has 1 fully saturated rings. The Labute approximate surface area is 125 Å². The first-order chi connectivity index (χ1) is 9.99. The Morgan fingerprint density at radius 1 is 1.38 bits per heavy atom.